The first-order valence-corrected chi connectivity index (χ1v) is 8.33. The first-order valence-electron chi connectivity index (χ1n) is 8.33. The Morgan fingerprint density at radius 2 is 2.10 bits per heavy atom. The number of morpholine rings is 1. The Morgan fingerprint density at radius 3 is 2.81 bits per heavy atom. The zero-order valence-corrected chi connectivity index (χ0v) is 13.3. The Balaban J connectivity index is 1.77. The van der Waals surface area contributed by atoms with Crippen LogP contribution in [0.1, 0.15) is 43.4 Å². The molecule has 2 aliphatic rings. The Morgan fingerprint density at radius 1 is 1.29 bits per heavy atom. The maximum Gasteiger partial charge on any atom is 0.128 e. The van der Waals surface area contributed by atoms with E-state index in [1.807, 2.05) is 0 Å². The van der Waals surface area contributed by atoms with Crippen LogP contribution in [0.5, 0.6) is 0 Å². The van der Waals surface area contributed by atoms with E-state index in [1.165, 1.54) is 43.5 Å². The number of pyridine rings is 1. The topological polar surface area (TPSA) is 28.6 Å². The normalized spacial score (nSPS) is 23.7. The number of hydrogen-bond donors (Lipinski definition) is 0. The molecule has 2 fully saturated rings. The molecule has 0 amide bonds. The molecule has 1 atom stereocenters. The van der Waals surface area contributed by atoms with Gasteiger partial charge in [-0.15, -0.1) is 0 Å². The summed E-state index contributed by atoms with van der Waals surface area (Å²) in [5.74, 6) is 1.11. The molecular weight excluding hydrogens is 262 g/mol. The molecule has 116 valence electrons. The molecule has 2 aliphatic heterocycles. The van der Waals surface area contributed by atoms with Gasteiger partial charge in [-0.1, -0.05) is 6.92 Å². The second kappa shape index (κ2) is 6.75. The van der Waals surface area contributed by atoms with Crippen molar-refractivity contribution >= 4 is 5.82 Å². The first kappa shape index (κ1) is 14.8. The third-order valence-corrected chi connectivity index (χ3v) is 4.71. The highest BCUT2D eigenvalue weighted by Crippen LogP contribution is 2.34. The molecule has 1 unspecified atom stereocenters. The number of likely N-dealkylation sites (tertiary alicyclic amines) is 1. The van der Waals surface area contributed by atoms with E-state index in [9.17, 15) is 0 Å². The molecule has 3 heterocycles. The largest absolute Gasteiger partial charge is 0.378 e. The van der Waals surface area contributed by atoms with Gasteiger partial charge in [0, 0.05) is 25.3 Å². The fourth-order valence-corrected chi connectivity index (χ4v) is 3.60. The summed E-state index contributed by atoms with van der Waals surface area (Å²) in [6.07, 6.45) is 5.95. The van der Waals surface area contributed by atoms with Crippen LogP contribution in [-0.2, 0) is 4.74 Å². The lowest BCUT2D eigenvalue weighted by Gasteiger charge is -2.29. The zero-order chi connectivity index (χ0) is 14.7. The molecule has 0 aromatic carbocycles. The summed E-state index contributed by atoms with van der Waals surface area (Å²) in [4.78, 5) is 9.70. The van der Waals surface area contributed by atoms with Gasteiger partial charge in [-0.25, -0.2) is 4.98 Å². The SMILES string of the molecule is CCCN1CCCC1c1cnc(N2CCOCC2)cc1C. The van der Waals surface area contributed by atoms with Crippen molar-refractivity contribution in [1.29, 1.82) is 0 Å². The summed E-state index contributed by atoms with van der Waals surface area (Å²) in [5.41, 5.74) is 2.82. The van der Waals surface area contributed by atoms with Crippen LogP contribution in [0.3, 0.4) is 0 Å². The summed E-state index contributed by atoms with van der Waals surface area (Å²) >= 11 is 0. The predicted molar refractivity (Wildman–Crippen MR) is 85.8 cm³/mol. The van der Waals surface area contributed by atoms with Gasteiger partial charge in [0.15, 0.2) is 0 Å². The van der Waals surface area contributed by atoms with Crippen LogP contribution in [0.25, 0.3) is 0 Å². The van der Waals surface area contributed by atoms with Gasteiger partial charge in [0.2, 0.25) is 0 Å². The molecule has 21 heavy (non-hydrogen) atoms. The lowest BCUT2D eigenvalue weighted by Crippen LogP contribution is -2.36. The molecule has 4 heteroatoms. The number of hydrogen-bond acceptors (Lipinski definition) is 4. The van der Waals surface area contributed by atoms with Gasteiger partial charge in [-0.05, 0) is 56.5 Å². The molecule has 1 aromatic rings. The van der Waals surface area contributed by atoms with E-state index in [1.54, 1.807) is 0 Å². The van der Waals surface area contributed by atoms with E-state index in [-0.39, 0.29) is 0 Å². The molecule has 0 aliphatic carbocycles. The van der Waals surface area contributed by atoms with Crippen molar-refractivity contribution in [2.75, 3.05) is 44.3 Å². The van der Waals surface area contributed by atoms with Gasteiger partial charge < -0.3 is 9.64 Å². The van der Waals surface area contributed by atoms with Crippen LogP contribution in [0.2, 0.25) is 0 Å². The van der Waals surface area contributed by atoms with E-state index in [2.05, 4.69) is 35.9 Å². The quantitative estimate of drug-likeness (QED) is 0.852. The predicted octanol–water partition coefficient (Wildman–Crippen LogP) is 2.77. The van der Waals surface area contributed by atoms with Crippen LogP contribution in [0.4, 0.5) is 5.82 Å². The van der Waals surface area contributed by atoms with Crippen molar-refractivity contribution in [3.05, 3.63) is 23.4 Å². The average molecular weight is 289 g/mol. The van der Waals surface area contributed by atoms with Crippen LogP contribution in [0, 0.1) is 6.92 Å². The second-order valence-corrected chi connectivity index (χ2v) is 6.19. The van der Waals surface area contributed by atoms with E-state index in [4.69, 9.17) is 9.72 Å². The molecule has 3 rings (SSSR count). The zero-order valence-electron chi connectivity index (χ0n) is 13.3. The highest BCUT2D eigenvalue weighted by atomic mass is 16.5. The molecule has 4 nitrogen and oxygen atoms in total. The van der Waals surface area contributed by atoms with Crippen molar-refractivity contribution < 1.29 is 4.74 Å². The Labute approximate surface area is 128 Å². The Bertz CT molecular complexity index is 471. The minimum absolute atomic E-state index is 0.580. The van der Waals surface area contributed by atoms with Crippen LogP contribution in [-0.4, -0.2) is 49.3 Å². The minimum Gasteiger partial charge on any atom is -0.378 e. The summed E-state index contributed by atoms with van der Waals surface area (Å²) in [5, 5.41) is 0. The monoisotopic (exact) mass is 289 g/mol. The first-order chi connectivity index (χ1) is 10.3. The molecule has 0 radical (unpaired) electrons. The molecule has 1 aromatic heterocycles. The minimum atomic E-state index is 0.580. The fourth-order valence-electron chi connectivity index (χ4n) is 3.60. The fraction of sp³-hybridized carbons (Fsp3) is 0.706. The average Bonchev–Trinajstić information content (AvgIpc) is 2.96. The third-order valence-electron chi connectivity index (χ3n) is 4.71. The van der Waals surface area contributed by atoms with Gasteiger partial charge >= 0.3 is 0 Å². The molecule has 0 bridgehead atoms. The Kier molecular flexibility index (Phi) is 4.76. The van der Waals surface area contributed by atoms with Crippen molar-refractivity contribution in [1.82, 2.24) is 9.88 Å². The lowest BCUT2D eigenvalue weighted by molar-refractivity contribution is 0.122. The van der Waals surface area contributed by atoms with Gasteiger partial charge in [0.1, 0.15) is 5.82 Å². The molecule has 0 N–H and O–H groups in total. The van der Waals surface area contributed by atoms with Gasteiger partial charge in [-0.2, -0.15) is 0 Å². The number of rotatable bonds is 4. The van der Waals surface area contributed by atoms with Crippen LogP contribution < -0.4 is 4.90 Å². The lowest BCUT2D eigenvalue weighted by atomic mass is 10.0. The van der Waals surface area contributed by atoms with Gasteiger partial charge in [0.05, 0.1) is 13.2 Å². The van der Waals surface area contributed by atoms with Crippen LogP contribution in [0.15, 0.2) is 12.3 Å². The van der Waals surface area contributed by atoms with E-state index >= 15 is 0 Å². The maximum atomic E-state index is 5.42. The number of nitrogens with zero attached hydrogens (tertiary/aromatic N) is 3. The number of anilines is 1. The van der Waals surface area contributed by atoms with Crippen molar-refractivity contribution in [3.8, 4) is 0 Å². The molecule has 0 saturated carbocycles. The Hall–Kier alpha value is -1.13. The molecule has 2 saturated heterocycles. The van der Waals surface area contributed by atoms with Crippen molar-refractivity contribution in [2.24, 2.45) is 0 Å². The van der Waals surface area contributed by atoms with Crippen molar-refractivity contribution in [2.45, 2.75) is 39.2 Å². The van der Waals surface area contributed by atoms with E-state index in [0.717, 1.165) is 32.1 Å². The number of ether oxygens (including phenoxy) is 1. The summed E-state index contributed by atoms with van der Waals surface area (Å²) < 4.78 is 5.42. The molecular formula is C17H27N3O. The molecule has 0 spiro atoms. The van der Waals surface area contributed by atoms with E-state index < -0.39 is 0 Å². The van der Waals surface area contributed by atoms with Gasteiger partial charge in [0.25, 0.3) is 0 Å². The maximum absolute atomic E-state index is 5.42. The van der Waals surface area contributed by atoms with Gasteiger partial charge in [-0.3, -0.25) is 4.90 Å². The van der Waals surface area contributed by atoms with E-state index in [0.29, 0.717) is 6.04 Å². The second-order valence-electron chi connectivity index (χ2n) is 6.19. The standard InChI is InChI=1S/C17H27N3O/c1-3-6-19-7-4-5-16(19)15-13-18-17(12-14(15)2)20-8-10-21-11-9-20/h12-13,16H,3-11H2,1-2H3. The van der Waals surface area contributed by atoms with Crippen molar-refractivity contribution in [3.63, 3.8) is 0 Å². The van der Waals surface area contributed by atoms with Crippen LogP contribution >= 0.6 is 0 Å². The third kappa shape index (κ3) is 3.22. The highest BCUT2D eigenvalue weighted by molar-refractivity contribution is 5.44. The summed E-state index contributed by atoms with van der Waals surface area (Å²) in [6.45, 7) is 10.5. The highest BCUT2D eigenvalue weighted by Gasteiger charge is 2.27. The summed E-state index contributed by atoms with van der Waals surface area (Å²) in [7, 11) is 0. The number of aryl methyl sites for hydroxylation is 1. The smallest absolute Gasteiger partial charge is 0.128 e. The summed E-state index contributed by atoms with van der Waals surface area (Å²) in [6, 6.07) is 2.85. The number of aromatic nitrogens is 1.